The van der Waals surface area contributed by atoms with E-state index in [1.807, 2.05) is 114 Å². The van der Waals surface area contributed by atoms with Crippen LogP contribution in [0.3, 0.4) is 0 Å². The Morgan fingerprint density at radius 1 is 0.792 bits per heavy atom. The Bertz CT molecular complexity index is 2360. The van der Waals surface area contributed by atoms with Crippen LogP contribution in [0, 0.1) is 35.8 Å². The molecule has 4 aromatic carbocycles. The minimum atomic E-state index is -4.23. The Hall–Kier alpha value is -5.02. The van der Waals surface area contributed by atoms with E-state index in [1.165, 1.54) is 26.0 Å². The zero-order valence-corrected chi connectivity index (χ0v) is 32.2. The molecule has 0 aliphatic rings. The first-order chi connectivity index (χ1) is 25.0. The maximum absolute atomic E-state index is 13.2. The van der Waals surface area contributed by atoms with Gasteiger partial charge >= 0.3 is 6.18 Å². The molecule has 0 amide bonds. The third-order valence-corrected chi connectivity index (χ3v) is 9.38. The van der Waals surface area contributed by atoms with Crippen LogP contribution in [-0.2, 0) is 33.6 Å². The molecule has 271 valence electrons. The van der Waals surface area contributed by atoms with E-state index in [-0.39, 0.29) is 32.3 Å². The summed E-state index contributed by atoms with van der Waals surface area (Å²) in [5, 5.41) is 2.11. The first kappa shape index (κ1) is 39.2. The van der Waals surface area contributed by atoms with E-state index in [0.29, 0.717) is 5.56 Å². The molecular weight excluding hydrogens is 873 g/mol. The Morgan fingerprint density at radius 3 is 2.19 bits per heavy atom. The van der Waals surface area contributed by atoms with Crippen LogP contribution in [0.15, 0.2) is 134 Å². The van der Waals surface area contributed by atoms with E-state index in [1.54, 1.807) is 35.9 Å². The number of thiophene rings is 1. The minimum absolute atomic E-state index is 0. The molecular formula is C43H33F4IrN4S-3. The fourth-order valence-electron chi connectivity index (χ4n) is 5.36. The Morgan fingerprint density at radius 2 is 1.57 bits per heavy atom. The minimum Gasteiger partial charge on any atom is -0.348 e. The Kier molecular flexibility index (Phi) is 12.7. The number of fused-ring (bicyclic) bond motifs is 3. The van der Waals surface area contributed by atoms with Crippen molar-refractivity contribution in [3.63, 3.8) is 0 Å². The van der Waals surface area contributed by atoms with Gasteiger partial charge in [0.2, 0.25) is 6.33 Å². The third-order valence-electron chi connectivity index (χ3n) is 8.20. The SMILES string of the molecule is CC(C)(Cc1ccc2c(c1)sc1c(-c3[c-]cccc3)nccc12)C(F)(F)F.C[n+]1[c-]n(-c2[c-]cccc2)cc1.Fc1c[c-]c(-c2ccccn2)cc1.[Ir]. The average Bonchev–Trinajstić information content (AvgIpc) is 3.76. The van der Waals surface area contributed by atoms with Crippen molar-refractivity contribution in [2.75, 3.05) is 0 Å². The number of imidazole rings is 1. The number of hydrogen-bond donors (Lipinski definition) is 0. The number of hydrogen-bond acceptors (Lipinski definition) is 3. The molecule has 0 fully saturated rings. The van der Waals surface area contributed by atoms with Crippen LogP contribution in [0.5, 0.6) is 0 Å². The summed E-state index contributed by atoms with van der Waals surface area (Å²) < 4.78 is 58.0. The fraction of sp³-hybridized carbons (Fsp3) is 0.140. The summed E-state index contributed by atoms with van der Waals surface area (Å²) in [6.07, 6.45) is 6.18. The molecule has 0 N–H and O–H groups in total. The summed E-state index contributed by atoms with van der Waals surface area (Å²) in [5.41, 5.74) is 3.32. The molecule has 4 aromatic heterocycles. The van der Waals surface area contributed by atoms with Gasteiger partial charge in [-0.1, -0.05) is 43.8 Å². The molecule has 0 bridgehead atoms. The van der Waals surface area contributed by atoms with Gasteiger partial charge in [0.25, 0.3) is 0 Å². The van der Waals surface area contributed by atoms with Gasteiger partial charge < -0.3 is 19.1 Å². The number of benzene rings is 4. The maximum atomic E-state index is 13.2. The van der Waals surface area contributed by atoms with Crippen molar-refractivity contribution in [1.82, 2.24) is 14.5 Å². The number of nitrogens with zero attached hydrogens (tertiary/aromatic N) is 4. The number of halogens is 4. The predicted octanol–water partition coefficient (Wildman–Crippen LogP) is 10.6. The molecule has 10 heteroatoms. The number of rotatable bonds is 5. The van der Waals surface area contributed by atoms with E-state index < -0.39 is 11.6 Å². The van der Waals surface area contributed by atoms with Crippen LogP contribution in [0.2, 0.25) is 0 Å². The summed E-state index contributed by atoms with van der Waals surface area (Å²) in [7, 11) is 1.94. The molecule has 4 nitrogen and oxygen atoms in total. The van der Waals surface area contributed by atoms with Gasteiger partial charge in [-0.2, -0.15) is 43.5 Å². The number of pyridine rings is 2. The summed E-state index contributed by atoms with van der Waals surface area (Å²) in [6.45, 7) is 2.49. The summed E-state index contributed by atoms with van der Waals surface area (Å²) >= 11 is 1.57. The second-order valence-electron chi connectivity index (χ2n) is 12.6. The molecule has 0 atom stereocenters. The van der Waals surface area contributed by atoms with Crippen molar-refractivity contribution in [3.8, 4) is 28.2 Å². The predicted molar refractivity (Wildman–Crippen MR) is 198 cm³/mol. The molecule has 8 aromatic rings. The Labute approximate surface area is 323 Å². The van der Waals surface area contributed by atoms with Gasteiger partial charge in [-0.3, -0.25) is 4.39 Å². The van der Waals surface area contributed by atoms with Gasteiger partial charge in [-0.15, -0.1) is 77.1 Å². The topological polar surface area (TPSA) is 34.6 Å². The standard InChI is InChI=1S/C22H17F3NS.C11H7FN.C10H9N2.Ir/c1-21(2,22(23,24)25)13-14-8-9-16-17-10-11-26-19(15-6-4-3-5-7-15)20(17)27-18(16)12-14;12-10-6-4-9(5-7-10)11-3-1-2-8-13-11;1-11-7-8-12(9-11)10-5-3-2-4-6-10;/h3-6,8-12H,13H2,1-2H3;1-4,6-8H;2-5,7-8H,1H3;/q3*-1;. The monoisotopic (exact) mass is 906 g/mol. The van der Waals surface area contributed by atoms with Crippen LogP contribution in [0.25, 0.3) is 48.4 Å². The molecule has 0 spiro atoms. The molecule has 4 heterocycles. The largest absolute Gasteiger partial charge is 0.394 e. The zero-order chi connectivity index (χ0) is 36.7. The Balaban J connectivity index is 0.000000173. The van der Waals surface area contributed by atoms with Crippen molar-refractivity contribution >= 4 is 31.5 Å². The number of para-hydroxylation sites is 1. The smallest absolute Gasteiger partial charge is 0.348 e. The van der Waals surface area contributed by atoms with E-state index in [9.17, 15) is 17.6 Å². The van der Waals surface area contributed by atoms with Gasteiger partial charge in [-0.25, -0.2) is 0 Å². The van der Waals surface area contributed by atoms with E-state index >= 15 is 0 Å². The maximum Gasteiger partial charge on any atom is 0.394 e. The van der Waals surface area contributed by atoms with Crippen molar-refractivity contribution < 1.29 is 42.2 Å². The molecule has 0 unspecified atom stereocenters. The van der Waals surface area contributed by atoms with Crippen LogP contribution in [0.1, 0.15) is 19.4 Å². The molecule has 8 rings (SSSR count). The summed E-state index contributed by atoms with van der Waals surface area (Å²) in [6, 6.07) is 42.2. The average molecular weight is 906 g/mol. The van der Waals surface area contributed by atoms with Crippen LogP contribution >= 0.6 is 11.3 Å². The van der Waals surface area contributed by atoms with E-state index in [0.717, 1.165) is 48.4 Å². The quantitative estimate of drug-likeness (QED) is 0.0980. The van der Waals surface area contributed by atoms with Crippen LogP contribution < -0.4 is 4.57 Å². The normalized spacial score (nSPS) is 11.2. The first-order valence-corrected chi connectivity index (χ1v) is 17.2. The van der Waals surface area contributed by atoms with Crippen molar-refractivity contribution in [2.45, 2.75) is 26.4 Å². The first-order valence-electron chi connectivity index (χ1n) is 16.3. The van der Waals surface area contributed by atoms with Gasteiger partial charge in [0, 0.05) is 65.8 Å². The number of alkyl halides is 3. The van der Waals surface area contributed by atoms with Gasteiger partial charge in [0.1, 0.15) is 0 Å². The molecule has 0 saturated heterocycles. The van der Waals surface area contributed by atoms with Crippen molar-refractivity contribution in [1.29, 1.82) is 0 Å². The molecule has 0 aliphatic carbocycles. The number of aryl methyl sites for hydroxylation is 1. The summed E-state index contributed by atoms with van der Waals surface area (Å²) in [4.78, 5) is 8.64. The fourth-order valence-corrected chi connectivity index (χ4v) is 6.62. The third kappa shape index (κ3) is 9.70. The van der Waals surface area contributed by atoms with Gasteiger partial charge in [0.15, 0.2) is 0 Å². The van der Waals surface area contributed by atoms with E-state index in [2.05, 4.69) is 34.5 Å². The summed E-state index contributed by atoms with van der Waals surface area (Å²) in [5.74, 6) is -0.278. The molecule has 0 aliphatic heterocycles. The van der Waals surface area contributed by atoms with Crippen molar-refractivity contribution in [2.24, 2.45) is 12.5 Å². The van der Waals surface area contributed by atoms with Crippen LogP contribution in [0.4, 0.5) is 17.6 Å². The molecule has 53 heavy (non-hydrogen) atoms. The van der Waals surface area contributed by atoms with Gasteiger partial charge in [0.05, 0.1) is 12.5 Å². The second kappa shape index (κ2) is 17.2. The molecule has 0 saturated carbocycles. The van der Waals surface area contributed by atoms with Gasteiger partial charge in [-0.05, 0) is 46.6 Å². The van der Waals surface area contributed by atoms with Crippen molar-refractivity contribution in [3.05, 3.63) is 170 Å². The number of aromatic nitrogens is 4. The van der Waals surface area contributed by atoms with Crippen LogP contribution in [-0.4, -0.2) is 20.7 Å². The van der Waals surface area contributed by atoms with E-state index in [4.69, 9.17) is 0 Å². The zero-order valence-electron chi connectivity index (χ0n) is 29.0. The molecule has 1 radical (unpaired) electrons. The second-order valence-corrected chi connectivity index (χ2v) is 13.6.